The molecule has 1 aromatic rings. The maximum absolute atomic E-state index is 12.0. The number of nitrogens with two attached hydrogens (primary N) is 1. The van der Waals surface area contributed by atoms with Gasteiger partial charge in [0.2, 0.25) is 5.91 Å². The van der Waals surface area contributed by atoms with Gasteiger partial charge in [0.25, 0.3) is 0 Å². The number of carbonyl (C=O) groups is 1. The Hall–Kier alpha value is -2.14. The van der Waals surface area contributed by atoms with Crippen LogP contribution in [0.15, 0.2) is 35.7 Å². The summed E-state index contributed by atoms with van der Waals surface area (Å²) >= 11 is 0. The first-order chi connectivity index (χ1) is 11.7. The first-order valence-corrected chi connectivity index (χ1v) is 8.82. The summed E-state index contributed by atoms with van der Waals surface area (Å²) in [5.74, 6) is 0.557. The molecule has 5 nitrogen and oxygen atoms in total. The van der Waals surface area contributed by atoms with Gasteiger partial charge in [-0.05, 0) is 55.4 Å². The summed E-state index contributed by atoms with van der Waals surface area (Å²) in [6.45, 7) is 0. The minimum atomic E-state index is -0.324. The van der Waals surface area contributed by atoms with Gasteiger partial charge in [0, 0.05) is 23.4 Å². The fourth-order valence-electron chi connectivity index (χ4n) is 4.68. The maximum Gasteiger partial charge on any atom is 0.246 e. The first kappa shape index (κ1) is 14.2. The van der Waals surface area contributed by atoms with E-state index in [0.29, 0.717) is 11.6 Å². The molecule has 2 unspecified atom stereocenters. The Labute approximate surface area is 141 Å². The second-order valence-corrected chi connectivity index (χ2v) is 7.34. The molecule has 0 bridgehead atoms. The molecule has 124 valence electrons. The summed E-state index contributed by atoms with van der Waals surface area (Å²) in [5, 5.41) is 3.40. The van der Waals surface area contributed by atoms with Crippen LogP contribution in [0, 0.1) is 0 Å². The van der Waals surface area contributed by atoms with Crippen molar-refractivity contribution in [3.8, 4) is 5.75 Å². The van der Waals surface area contributed by atoms with E-state index in [1.807, 2.05) is 24.5 Å². The smallest absolute Gasteiger partial charge is 0.246 e. The van der Waals surface area contributed by atoms with Crippen molar-refractivity contribution in [2.45, 2.75) is 56.2 Å². The predicted octanol–water partition coefficient (Wildman–Crippen LogP) is 2.09. The van der Waals surface area contributed by atoms with Crippen molar-refractivity contribution in [3.05, 3.63) is 41.2 Å². The van der Waals surface area contributed by atoms with Gasteiger partial charge in [-0.15, -0.1) is 0 Å². The standard InChI is InChI=1S/C19H21N3O2/c20-18(23)13-8-14-12(9-15-17(13)22-15)11-4-7-21-10-16(11)24-19(14)5-2-1-3-6-19/h4,7-8,10,15,17,22H,1-3,5-6,9H2,(H2,20,23). The molecular weight excluding hydrogens is 302 g/mol. The highest BCUT2D eigenvalue weighted by atomic mass is 16.5. The second kappa shape index (κ2) is 4.93. The summed E-state index contributed by atoms with van der Waals surface area (Å²) in [7, 11) is 0. The lowest BCUT2D eigenvalue weighted by Gasteiger charge is -2.43. The van der Waals surface area contributed by atoms with Gasteiger partial charge in [0.05, 0.1) is 12.2 Å². The van der Waals surface area contributed by atoms with Crippen LogP contribution in [0.5, 0.6) is 5.75 Å². The molecular formula is C19H21N3O2. The van der Waals surface area contributed by atoms with E-state index in [1.54, 1.807) is 0 Å². The third-order valence-corrected chi connectivity index (χ3v) is 5.92. The third kappa shape index (κ3) is 1.97. The minimum Gasteiger partial charge on any atom is -0.480 e. The van der Waals surface area contributed by atoms with Crippen LogP contribution in [-0.2, 0) is 4.79 Å². The molecule has 2 aliphatic carbocycles. The van der Waals surface area contributed by atoms with Crippen molar-refractivity contribution in [2.24, 2.45) is 5.73 Å². The van der Waals surface area contributed by atoms with Crippen LogP contribution in [0.1, 0.15) is 44.1 Å². The number of nitrogens with one attached hydrogen (secondary N) is 1. The van der Waals surface area contributed by atoms with Crippen molar-refractivity contribution in [1.82, 2.24) is 10.3 Å². The van der Waals surface area contributed by atoms with Gasteiger partial charge < -0.3 is 15.8 Å². The minimum absolute atomic E-state index is 0.0963. The molecule has 1 saturated heterocycles. The Morgan fingerprint density at radius 3 is 2.96 bits per heavy atom. The predicted molar refractivity (Wildman–Crippen MR) is 90.2 cm³/mol. The van der Waals surface area contributed by atoms with Gasteiger partial charge in [-0.1, -0.05) is 6.42 Å². The van der Waals surface area contributed by atoms with E-state index < -0.39 is 0 Å². The van der Waals surface area contributed by atoms with Crippen LogP contribution in [0.3, 0.4) is 0 Å². The van der Waals surface area contributed by atoms with Crippen molar-refractivity contribution in [3.63, 3.8) is 0 Å². The van der Waals surface area contributed by atoms with E-state index in [2.05, 4.69) is 10.3 Å². The Morgan fingerprint density at radius 2 is 2.17 bits per heavy atom. The molecule has 2 aliphatic heterocycles. The normalized spacial score (nSPS) is 29.6. The molecule has 0 radical (unpaired) electrons. The average Bonchev–Trinajstić information content (AvgIpc) is 3.34. The first-order valence-electron chi connectivity index (χ1n) is 8.82. The fraction of sp³-hybridized carbons (Fsp3) is 0.474. The largest absolute Gasteiger partial charge is 0.480 e. The van der Waals surface area contributed by atoms with Crippen molar-refractivity contribution < 1.29 is 9.53 Å². The number of carbonyl (C=O) groups excluding carboxylic acids is 1. The van der Waals surface area contributed by atoms with Crippen LogP contribution in [-0.4, -0.2) is 28.6 Å². The number of aromatic nitrogens is 1. The van der Waals surface area contributed by atoms with Crippen molar-refractivity contribution >= 4 is 11.5 Å². The Kier molecular flexibility index (Phi) is 2.92. The maximum atomic E-state index is 12.0. The fourth-order valence-corrected chi connectivity index (χ4v) is 4.68. The van der Waals surface area contributed by atoms with Crippen LogP contribution in [0.25, 0.3) is 5.57 Å². The Bertz CT molecular complexity index is 790. The van der Waals surface area contributed by atoms with E-state index in [0.717, 1.165) is 43.4 Å². The summed E-state index contributed by atoms with van der Waals surface area (Å²) in [4.78, 5) is 16.2. The Morgan fingerprint density at radius 1 is 1.33 bits per heavy atom. The number of pyridine rings is 1. The monoisotopic (exact) mass is 323 g/mol. The van der Waals surface area contributed by atoms with Crippen LogP contribution in [0.4, 0.5) is 0 Å². The SMILES string of the molecule is NC(=O)C1=CC2=C(CC3NC13)c1ccncc1OC21CCCCC1. The van der Waals surface area contributed by atoms with Crippen LogP contribution in [0.2, 0.25) is 0 Å². The third-order valence-electron chi connectivity index (χ3n) is 5.92. The molecule has 5 heteroatoms. The molecule has 3 N–H and O–H groups in total. The lowest BCUT2D eigenvalue weighted by atomic mass is 9.74. The molecule has 4 aliphatic rings. The van der Waals surface area contributed by atoms with Crippen molar-refractivity contribution in [2.75, 3.05) is 0 Å². The lowest BCUT2D eigenvalue weighted by Crippen LogP contribution is -2.43. The highest BCUT2D eigenvalue weighted by Crippen LogP contribution is 2.51. The number of hydrogen-bond donors (Lipinski definition) is 2. The number of amides is 1. The highest BCUT2D eigenvalue weighted by molar-refractivity contribution is 5.96. The highest BCUT2D eigenvalue weighted by Gasteiger charge is 2.49. The molecule has 1 saturated carbocycles. The average molecular weight is 323 g/mol. The van der Waals surface area contributed by atoms with Gasteiger partial charge >= 0.3 is 0 Å². The van der Waals surface area contributed by atoms with Crippen LogP contribution < -0.4 is 15.8 Å². The second-order valence-electron chi connectivity index (χ2n) is 7.34. The van der Waals surface area contributed by atoms with E-state index in [4.69, 9.17) is 10.5 Å². The quantitative estimate of drug-likeness (QED) is 0.775. The molecule has 1 spiro atoms. The molecule has 1 aromatic heterocycles. The number of rotatable bonds is 1. The summed E-state index contributed by atoms with van der Waals surface area (Å²) in [6.07, 6.45) is 12.1. The molecule has 24 heavy (non-hydrogen) atoms. The number of hydrogen-bond acceptors (Lipinski definition) is 4. The van der Waals surface area contributed by atoms with Crippen LogP contribution >= 0.6 is 0 Å². The number of nitrogens with zero attached hydrogens (tertiary/aromatic N) is 1. The molecule has 2 fully saturated rings. The van der Waals surface area contributed by atoms with E-state index in [1.165, 1.54) is 17.6 Å². The zero-order valence-electron chi connectivity index (χ0n) is 13.5. The number of fused-ring (bicyclic) bond motifs is 4. The molecule has 3 heterocycles. The number of primary amides is 1. The van der Waals surface area contributed by atoms with Gasteiger partial charge in [0.1, 0.15) is 11.4 Å². The van der Waals surface area contributed by atoms with Crippen molar-refractivity contribution in [1.29, 1.82) is 0 Å². The van der Waals surface area contributed by atoms with E-state index >= 15 is 0 Å². The summed E-state index contributed by atoms with van der Waals surface area (Å²) in [5.41, 5.74) is 9.66. The molecule has 1 amide bonds. The number of ether oxygens (including phenoxy) is 1. The summed E-state index contributed by atoms with van der Waals surface area (Å²) < 4.78 is 6.53. The zero-order valence-corrected chi connectivity index (χ0v) is 13.5. The van der Waals surface area contributed by atoms with Gasteiger partial charge in [-0.25, -0.2) is 0 Å². The zero-order chi connectivity index (χ0) is 16.3. The Balaban J connectivity index is 1.74. The summed E-state index contributed by atoms with van der Waals surface area (Å²) in [6, 6.07) is 2.43. The molecule has 0 aromatic carbocycles. The van der Waals surface area contributed by atoms with Gasteiger partial charge in [-0.2, -0.15) is 0 Å². The lowest BCUT2D eigenvalue weighted by molar-refractivity contribution is -0.114. The molecule has 2 atom stereocenters. The van der Waals surface area contributed by atoms with Gasteiger partial charge in [0.15, 0.2) is 0 Å². The van der Waals surface area contributed by atoms with E-state index in [-0.39, 0.29) is 17.6 Å². The molecule has 5 rings (SSSR count). The van der Waals surface area contributed by atoms with Gasteiger partial charge in [-0.3, -0.25) is 9.78 Å². The topological polar surface area (TPSA) is 87.2 Å². The van der Waals surface area contributed by atoms with E-state index in [9.17, 15) is 4.79 Å².